The molecule has 6 heteroatoms. The van der Waals surface area contributed by atoms with Crippen LogP contribution < -0.4 is 5.32 Å². The molecule has 0 fully saturated rings. The Kier molecular flexibility index (Phi) is 4.89. The van der Waals surface area contributed by atoms with Crippen molar-refractivity contribution in [3.8, 4) is 0 Å². The number of hydrogen-bond donors (Lipinski definition) is 2. The van der Waals surface area contributed by atoms with Crippen LogP contribution in [-0.4, -0.2) is 22.5 Å². The van der Waals surface area contributed by atoms with E-state index in [-0.39, 0.29) is 23.4 Å². The summed E-state index contributed by atoms with van der Waals surface area (Å²) in [6, 6.07) is 3.76. The highest BCUT2D eigenvalue weighted by atomic mass is 35.5. The molecule has 0 aliphatic rings. The number of hydrogen-bond acceptors (Lipinski definition) is 2. The predicted molar refractivity (Wildman–Crippen MR) is 69.8 cm³/mol. The Morgan fingerprint density at radius 1 is 1.42 bits per heavy atom. The molecular formula is C13H15ClFNO3. The standard InChI is InChI=1S/C13H15ClFNO3/c1-13(2,6-5-11(17)18)16-12(19)8-3-4-9(14)10(15)7-8/h3-4,7H,5-6H2,1-2H3,(H,16,19)(H,17,18). The normalized spacial score (nSPS) is 11.2. The molecule has 0 aromatic heterocycles. The SMILES string of the molecule is CC(C)(CCC(=O)O)NC(=O)c1ccc(Cl)c(F)c1. The zero-order valence-corrected chi connectivity index (χ0v) is 11.4. The van der Waals surface area contributed by atoms with E-state index >= 15 is 0 Å². The molecule has 1 aromatic carbocycles. The monoisotopic (exact) mass is 287 g/mol. The second-order valence-corrected chi connectivity index (χ2v) is 5.27. The Morgan fingerprint density at radius 3 is 2.58 bits per heavy atom. The average molecular weight is 288 g/mol. The summed E-state index contributed by atoms with van der Waals surface area (Å²) >= 11 is 5.53. The summed E-state index contributed by atoms with van der Waals surface area (Å²) in [5.41, 5.74) is -0.545. The van der Waals surface area contributed by atoms with Crippen LogP contribution in [-0.2, 0) is 4.79 Å². The molecule has 0 unspecified atom stereocenters. The van der Waals surface area contributed by atoms with Gasteiger partial charge in [0, 0.05) is 17.5 Å². The third kappa shape index (κ3) is 4.87. The van der Waals surface area contributed by atoms with Gasteiger partial charge in [0.05, 0.1) is 5.02 Å². The molecule has 1 rings (SSSR count). The van der Waals surface area contributed by atoms with Crippen LogP contribution in [0.3, 0.4) is 0 Å². The summed E-state index contributed by atoms with van der Waals surface area (Å²) in [4.78, 5) is 22.4. The van der Waals surface area contributed by atoms with Gasteiger partial charge in [0.15, 0.2) is 0 Å². The molecule has 2 N–H and O–H groups in total. The minimum atomic E-state index is -0.931. The largest absolute Gasteiger partial charge is 0.481 e. The van der Waals surface area contributed by atoms with E-state index in [9.17, 15) is 14.0 Å². The number of carbonyl (C=O) groups is 2. The van der Waals surface area contributed by atoms with Crippen molar-refractivity contribution in [1.29, 1.82) is 0 Å². The van der Waals surface area contributed by atoms with Crippen LogP contribution in [0.25, 0.3) is 0 Å². The van der Waals surface area contributed by atoms with E-state index < -0.39 is 23.2 Å². The summed E-state index contributed by atoms with van der Waals surface area (Å²) in [5.74, 6) is -2.07. The van der Waals surface area contributed by atoms with Gasteiger partial charge in [0.25, 0.3) is 5.91 Å². The fourth-order valence-electron chi connectivity index (χ4n) is 1.50. The zero-order chi connectivity index (χ0) is 14.6. The molecule has 0 heterocycles. The molecule has 0 saturated heterocycles. The average Bonchev–Trinajstić information content (AvgIpc) is 2.29. The Morgan fingerprint density at radius 2 is 2.05 bits per heavy atom. The molecule has 0 radical (unpaired) electrons. The van der Waals surface area contributed by atoms with E-state index in [0.717, 1.165) is 6.07 Å². The second-order valence-electron chi connectivity index (χ2n) is 4.86. The lowest BCUT2D eigenvalue weighted by molar-refractivity contribution is -0.137. The van der Waals surface area contributed by atoms with Crippen molar-refractivity contribution in [2.75, 3.05) is 0 Å². The van der Waals surface area contributed by atoms with Gasteiger partial charge in [0.2, 0.25) is 0 Å². The number of rotatable bonds is 5. The van der Waals surface area contributed by atoms with E-state index in [0.29, 0.717) is 0 Å². The molecule has 1 aromatic rings. The predicted octanol–water partition coefficient (Wildman–Crippen LogP) is 2.85. The fourth-order valence-corrected chi connectivity index (χ4v) is 1.62. The van der Waals surface area contributed by atoms with E-state index in [1.807, 2.05) is 0 Å². The van der Waals surface area contributed by atoms with Gasteiger partial charge < -0.3 is 10.4 Å². The van der Waals surface area contributed by atoms with Crippen molar-refractivity contribution in [1.82, 2.24) is 5.32 Å². The highest BCUT2D eigenvalue weighted by Gasteiger charge is 2.22. The first-order valence-corrected chi connectivity index (χ1v) is 6.08. The van der Waals surface area contributed by atoms with Crippen LogP contribution in [0.15, 0.2) is 18.2 Å². The van der Waals surface area contributed by atoms with E-state index in [1.54, 1.807) is 13.8 Å². The first-order valence-electron chi connectivity index (χ1n) is 5.70. The summed E-state index contributed by atoms with van der Waals surface area (Å²) in [6.07, 6.45) is 0.229. The van der Waals surface area contributed by atoms with Crippen molar-refractivity contribution in [3.63, 3.8) is 0 Å². The van der Waals surface area contributed by atoms with Gasteiger partial charge in [-0.25, -0.2) is 4.39 Å². The third-order valence-electron chi connectivity index (χ3n) is 2.60. The van der Waals surface area contributed by atoms with Crippen molar-refractivity contribution in [2.45, 2.75) is 32.2 Å². The lowest BCUT2D eigenvalue weighted by Crippen LogP contribution is -2.43. The number of carboxylic acid groups (broad SMARTS) is 1. The molecule has 19 heavy (non-hydrogen) atoms. The lowest BCUT2D eigenvalue weighted by atomic mass is 9.98. The van der Waals surface area contributed by atoms with Gasteiger partial charge in [-0.1, -0.05) is 11.6 Å². The van der Waals surface area contributed by atoms with E-state index in [2.05, 4.69) is 5.32 Å². The van der Waals surface area contributed by atoms with Crippen LogP contribution in [0, 0.1) is 5.82 Å². The van der Waals surface area contributed by atoms with Gasteiger partial charge >= 0.3 is 5.97 Å². The van der Waals surface area contributed by atoms with Crippen molar-refractivity contribution >= 4 is 23.5 Å². The molecule has 0 aliphatic heterocycles. The number of benzene rings is 1. The quantitative estimate of drug-likeness (QED) is 0.875. The number of aliphatic carboxylic acids is 1. The van der Waals surface area contributed by atoms with E-state index in [4.69, 9.17) is 16.7 Å². The van der Waals surface area contributed by atoms with Crippen molar-refractivity contribution < 1.29 is 19.1 Å². The Bertz CT molecular complexity index is 503. The first-order chi connectivity index (χ1) is 8.71. The van der Waals surface area contributed by atoms with Gasteiger partial charge in [-0.15, -0.1) is 0 Å². The topological polar surface area (TPSA) is 66.4 Å². The maximum absolute atomic E-state index is 13.2. The summed E-state index contributed by atoms with van der Waals surface area (Å²) < 4.78 is 13.2. The highest BCUT2D eigenvalue weighted by molar-refractivity contribution is 6.30. The van der Waals surface area contributed by atoms with Crippen LogP contribution in [0.1, 0.15) is 37.0 Å². The Balaban J connectivity index is 2.72. The van der Waals surface area contributed by atoms with Gasteiger partial charge in [0.1, 0.15) is 5.82 Å². The van der Waals surface area contributed by atoms with E-state index in [1.165, 1.54) is 12.1 Å². The molecule has 4 nitrogen and oxygen atoms in total. The molecule has 0 bridgehead atoms. The van der Waals surface area contributed by atoms with Crippen LogP contribution in [0.4, 0.5) is 4.39 Å². The van der Waals surface area contributed by atoms with Gasteiger partial charge in [-0.2, -0.15) is 0 Å². The zero-order valence-electron chi connectivity index (χ0n) is 10.7. The number of amides is 1. The molecule has 0 aliphatic carbocycles. The molecular weight excluding hydrogens is 273 g/mol. The van der Waals surface area contributed by atoms with Crippen molar-refractivity contribution in [3.05, 3.63) is 34.6 Å². The summed E-state index contributed by atoms with van der Waals surface area (Å²) in [5, 5.41) is 11.2. The Hall–Kier alpha value is -1.62. The smallest absolute Gasteiger partial charge is 0.303 e. The molecule has 1 amide bonds. The number of nitrogens with one attached hydrogen (secondary N) is 1. The van der Waals surface area contributed by atoms with Gasteiger partial charge in [-0.05, 0) is 38.5 Å². The van der Waals surface area contributed by atoms with Crippen LogP contribution in [0.2, 0.25) is 5.02 Å². The molecule has 104 valence electrons. The lowest BCUT2D eigenvalue weighted by Gasteiger charge is -2.25. The van der Waals surface area contributed by atoms with Crippen molar-refractivity contribution in [2.24, 2.45) is 0 Å². The molecule has 0 saturated carbocycles. The minimum Gasteiger partial charge on any atom is -0.481 e. The maximum atomic E-state index is 13.2. The Labute approximate surface area is 115 Å². The summed E-state index contributed by atoms with van der Waals surface area (Å²) in [6.45, 7) is 3.42. The number of carboxylic acids is 1. The summed E-state index contributed by atoms with van der Waals surface area (Å²) in [7, 11) is 0. The number of halogens is 2. The number of carbonyl (C=O) groups excluding carboxylic acids is 1. The molecule has 0 spiro atoms. The van der Waals surface area contributed by atoms with Crippen LogP contribution in [0.5, 0.6) is 0 Å². The molecule has 0 atom stereocenters. The maximum Gasteiger partial charge on any atom is 0.303 e. The minimum absolute atomic E-state index is 0.0533. The first kappa shape index (κ1) is 15.4. The van der Waals surface area contributed by atoms with Gasteiger partial charge in [-0.3, -0.25) is 9.59 Å². The second kappa shape index (κ2) is 6.02. The fraction of sp³-hybridized carbons (Fsp3) is 0.385. The third-order valence-corrected chi connectivity index (χ3v) is 2.90. The highest BCUT2D eigenvalue weighted by Crippen LogP contribution is 2.17. The van der Waals surface area contributed by atoms with Crippen LogP contribution >= 0.6 is 11.6 Å².